The summed E-state index contributed by atoms with van der Waals surface area (Å²) in [6.45, 7) is 0. The maximum absolute atomic E-state index is 2.62. The Balaban J connectivity index is 1.15. The number of rotatable bonds is 5. The molecule has 4 aliphatic rings. The lowest BCUT2D eigenvalue weighted by Crippen LogP contribution is -2.37. The van der Waals surface area contributed by atoms with Gasteiger partial charge < -0.3 is 4.90 Å². The highest BCUT2D eigenvalue weighted by Gasteiger charge is 2.50. The zero-order chi connectivity index (χ0) is 40.1. The monoisotopic (exact) mass is 791 g/mol. The Kier molecular flexibility index (Phi) is 7.46. The SMILES string of the molecule is C1=CC2(C3=Cc4ccccc4C3=C1)C1=Cc3ccccc3C1=CC=C2N(c1ccccc1-c1cccc2ccccc12)c1ccccc1-c1cccc2sc3ccccc3c12. The normalized spacial score (nSPS) is 17.0. The van der Waals surface area contributed by atoms with Crippen LogP contribution in [0.15, 0.2) is 229 Å². The van der Waals surface area contributed by atoms with Gasteiger partial charge in [-0.15, -0.1) is 11.3 Å². The van der Waals surface area contributed by atoms with Crippen LogP contribution < -0.4 is 4.90 Å². The molecule has 61 heavy (non-hydrogen) atoms. The molecule has 0 amide bonds. The molecule has 1 unspecified atom stereocenters. The minimum atomic E-state index is -0.633. The molecule has 1 aromatic heterocycles. The largest absolute Gasteiger partial charge is 0.311 e. The number of allylic oxidation sites excluding steroid dienone is 7. The molecule has 284 valence electrons. The predicted molar refractivity (Wildman–Crippen MR) is 261 cm³/mol. The molecule has 0 saturated carbocycles. The second kappa shape index (κ2) is 13.2. The summed E-state index contributed by atoms with van der Waals surface area (Å²) in [5.74, 6) is 0. The third-order valence-electron chi connectivity index (χ3n) is 13.3. The highest BCUT2D eigenvalue weighted by atomic mass is 32.1. The first-order valence-corrected chi connectivity index (χ1v) is 21.9. The Morgan fingerprint density at radius 3 is 1.67 bits per heavy atom. The van der Waals surface area contributed by atoms with Crippen LogP contribution in [0.25, 0.3) is 76.5 Å². The summed E-state index contributed by atoms with van der Waals surface area (Å²) in [6.07, 6.45) is 16.9. The summed E-state index contributed by atoms with van der Waals surface area (Å²) in [4.78, 5) is 2.62. The van der Waals surface area contributed by atoms with Crippen LogP contribution in [0.1, 0.15) is 22.3 Å². The molecule has 0 fully saturated rings. The summed E-state index contributed by atoms with van der Waals surface area (Å²) in [5.41, 5.74) is 17.9. The van der Waals surface area contributed by atoms with Crippen LogP contribution in [0.2, 0.25) is 0 Å². The van der Waals surface area contributed by atoms with Crippen LogP contribution in [0.4, 0.5) is 11.4 Å². The van der Waals surface area contributed by atoms with Crippen molar-refractivity contribution in [2.45, 2.75) is 0 Å². The average Bonchev–Trinajstić information content (AvgIpc) is 4.03. The summed E-state index contributed by atoms with van der Waals surface area (Å²) >= 11 is 1.87. The van der Waals surface area contributed by atoms with Gasteiger partial charge in [-0.25, -0.2) is 0 Å². The van der Waals surface area contributed by atoms with E-state index in [-0.39, 0.29) is 0 Å². The molecule has 1 spiro atoms. The average molecular weight is 792 g/mol. The first-order valence-electron chi connectivity index (χ1n) is 21.1. The number of benzene rings is 8. The lowest BCUT2D eigenvalue weighted by molar-refractivity contribution is 0.677. The van der Waals surface area contributed by atoms with Crippen molar-refractivity contribution < 1.29 is 0 Å². The molecule has 0 aliphatic heterocycles. The second-order valence-electron chi connectivity index (χ2n) is 16.3. The number of thiophene rings is 1. The quantitative estimate of drug-likeness (QED) is 0.168. The third-order valence-corrected chi connectivity index (χ3v) is 14.4. The van der Waals surface area contributed by atoms with Gasteiger partial charge in [-0.05, 0) is 109 Å². The predicted octanol–water partition coefficient (Wildman–Crippen LogP) is 16.1. The molecule has 2 heteroatoms. The number of hydrogen-bond acceptors (Lipinski definition) is 2. The van der Waals surface area contributed by atoms with Crippen LogP contribution in [-0.4, -0.2) is 0 Å². The van der Waals surface area contributed by atoms with Crippen molar-refractivity contribution in [2.75, 3.05) is 4.90 Å². The number of hydrogen-bond donors (Lipinski definition) is 0. The van der Waals surface area contributed by atoms with E-state index < -0.39 is 5.41 Å². The van der Waals surface area contributed by atoms with Crippen molar-refractivity contribution in [1.29, 1.82) is 0 Å². The van der Waals surface area contributed by atoms with Crippen molar-refractivity contribution in [3.8, 4) is 22.3 Å². The molecule has 1 nitrogen and oxygen atoms in total. The number of fused-ring (bicyclic) bond motifs is 12. The van der Waals surface area contributed by atoms with E-state index in [9.17, 15) is 0 Å². The maximum Gasteiger partial charge on any atom is 0.0803 e. The second-order valence-corrected chi connectivity index (χ2v) is 17.4. The van der Waals surface area contributed by atoms with Crippen molar-refractivity contribution in [2.24, 2.45) is 5.41 Å². The van der Waals surface area contributed by atoms with E-state index in [0.717, 1.165) is 11.4 Å². The number of nitrogens with zero attached hydrogens (tertiary/aromatic N) is 1. The van der Waals surface area contributed by atoms with Gasteiger partial charge in [0.15, 0.2) is 0 Å². The van der Waals surface area contributed by atoms with Gasteiger partial charge in [-0.1, -0.05) is 182 Å². The standard InChI is InChI=1S/C59H37NS/c1-4-20-41-38(16-1)19-13-26-44(41)47-23-7-10-29-53(47)60(54-30-11-8-24-48(54)49-27-14-32-56-58(49)50-25-9-12-31-55(50)61-56)57-34-33-46-43-22-6-3-18-40(43)37-52(46)59(57)35-15-28-45-42-21-5-2-17-39(42)36-51(45)59/h1-37H. The van der Waals surface area contributed by atoms with Crippen molar-refractivity contribution in [3.05, 3.63) is 251 Å². The van der Waals surface area contributed by atoms with E-state index in [1.165, 1.54) is 103 Å². The van der Waals surface area contributed by atoms with Crippen LogP contribution in [-0.2, 0) is 0 Å². The fourth-order valence-corrected chi connectivity index (χ4v) is 11.8. The lowest BCUT2D eigenvalue weighted by Gasteiger charge is -2.46. The molecule has 1 atom stereocenters. The molecule has 0 bridgehead atoms. The summed E-state index contributed by atoms with van der Waals surface area (Å²) < 4.78 is 2.60. The van der Waals surface area contributed by atoms with Gasteiger partial charge in [0.25, 0.3) is 0 Å². The highest BCUT2D eigenvalue weighted by molar-refractivity contribution is 7.25. The van der Waals surface area contributed by atoms with Gasteiger partial charge in [-0.3, -0.25) is 0 Å². The van der Waals surface area contributed by atoms with E-state index in [4.69, 9.17) is 0 Å². The van der Waals surface area contributed by atoms with Crippen LogP contribution in [0.3, 0.4) is 0 Å². The van der Waals surface area contributed by atoms with Crippen molar-refractivity contribution in [1.82, 2.24) is 0 Å². The van der Waals surface area contributed by atoms with Gasteiger partial charge in [0.05, 0.1) is 16.8 Å². The molecule has 8 aromatic carbocycles. The van der Waals surface area contributed by atoms with Crippen LogP contribution in [0.5, 0.6) is 0 Å². The Bertz CT molecular complexity index is 3520. The van der Waals surface area contributed by atoms with Crippen LogP contribution in [0, 0.1) is 5.41 Å². The van der Waals surface area contributed by atoms with E-state index in [0.29, 0.717) is 0 Å². The van der Waals surface area contributed by atoms with E-state index in [1.54, 1.807) is 0 Å². The molecular formula is C59H37NS. The Morgan fingerprint density at radius 1 is 0.393 bits per heavy atom. The summed E-state index contributed by atoms with van der Waals surface area (Å²) in [7, 11) is 0. The number of anilines is 2. The lowest BCUT2D eigenvalue weighted by atomic mass is 9.63. The Morgan fingerprint density at radius 2 is 0.918 bits per heavy atom. The molecule has 0 radical (unpaired) electrons. The van der Waals surface area contributed by atoms with Gasteiger partial charge in [0, 0.05) is 37.0 Å². The first kappa shape index (κ1) is 34.4. The Labute approximate surface area is 359 Å². The molecule has 0 saturated heterocycles. The van der Waals surface area contributed by atoms with Gasteiger partial charge in [0.1, 0.15) is 0 Å². The zero-order valence-corrected chi connectivity index (χ0v) is 34.0. The molecule has 4 aliphatic carbocycles. The smallest absolute Gasteiger partial charge is 0.0803 e. The van der Waals surface area contributed by atoms with Gasteiger partial charge in [-0.2, -0.15) is 0 Å². The van der Waals surface area contributed by atoms with Crippen LogP contribution >= 0.6 is 11.3 Å². The third kappa shape index (κ3) is 4.94. The van der Waals surface area contributed by atoms with E-state index in [2.05, 4.69) is 229 Å². The molecule has 0 N–H and O–H groups in total. The molecule has 13 rings (SSSR count). The maximum atomic E-state index is 2.62. The van der Waals surface area contributed by atoms with E-state index in [1.807, 2.05) is 11.3 Å². The molecular weight excluding hydrogens is 755 g/mol. The summed E-state index contributed by atoms with van der Waals surface area (Å²) in [5, 5.41) is 5.06. The first-order chi connectivity index (χ1) is 30.3. The van der Waals surface area contributed by atoms with E-state index >= 15 is 0 Å². The summed E-state index contributed by atoms with van der Waals surface area (Å²) in [6, 6.07) is 67.1. The highest BCUT2D eigenvalue weighted by Crippen LogP contribution is 2.64. The number of para-hydroxylation sites is 2. The zero-order valence-electron chi connectivity index (χ0n) is 33.2. The fourth-order valence-electron chi connectivity index (χ4n) is 10.7. The molecule has 1 heterocycles. The minimum absolute atomic E-state index is 0.633. The Hall–Kier alpha value is -7.52. The fraction of sp³-hybridized carbons (Fsp3) is 0.0169. The van der Waals surface area contributed by atoms with Crippen molar-refractivity contribution in [3.63, 3.8) is 0 Å². The topological polar surface area (TPSA) is 3.24 Å². The minimum Gasteiger partial charge on any atom is -0.311 e. The molecule has 9 aromatic rings. The van der Waals surface area contributed by atoms with Gasteiger partial charge in [0.2, 0.25) is 0 Å². The van der Waals surface area contributed by atoms with Crippen molar-refractivity contribution >= 4 is 77.0 Å². The van der Waals surface area contributed by atoms with Gasteiger partial charge >= 0.3 is 0 Å².